The number of carboxylic acids is 1. The van der Waals surface area contributed by atoms with E-state index in [1.165, 1.54) is 0 Å². The van der Waals surface area contributed by atoms with E-state index in [-0.39, 0.29) is 11.8 Å². The van der Waals surface area contributed by atoms with Crippen molar-refractivity contribution < 1.29 is 14.7 Å². The van der Waals surface area contributed by atoms with E-state index < -0.39 is 14.3 Å². The summed E-state index contributed by atoms with van der Waals surface area (Å²) in [7, 11) is -2.10. The van der Waals surface area contributed by atoms with Gasteiger partial charge in [-0.1, -0.05) is 12.8 Å². The van der Waals surface area contributed by atoms with Crippen LogP contribution in [0.25, 0.3) is 0 Å². The molecule has 1 aliphatic rings. The fourth-order valence-corrected chi connectivity index (χ4v) is 4.19. The van der Waals surface area contributed by atoms with Gasteiger partial charge in [0.1, 0.15) is 0 Å². The van der Waals surface area contributed by atoms with Crippen molar-refractivity contribution in [2.75, 3.05) is 0 Å². The molecule has 0 aromatic heterocycles. The summed E-state index contributed by atoms with van der Waals surface area (Å²) in [4.78, 5) is 20.8. The lowest BCUT2D eigenvalue weighted by atomic mass is 9.80. The van der Waals surface area contributed by atoms with Crippen LogP contribution in [-0.2, 0) is 4.79 Å². The molecule has 0 saturated heterocycles. The molecule has 0 bridgehead atoms. The first kappa shape index (κ1) is 11.7. The van der Waals surface area contributed by atoms with Crippen LogP contribution in [0.5, 0.6) is 0 Å². The molecule has 2 atom stereocenters. The van der Waals surface area contributed by atoms with Crippen LogP contribution >= 0.6 is 0 Å². The standard InChI is InChI=1S/C10H20O3Si/c1-14(2,13)7-8-5-3-4-6-9(8)10(11)12/h8-9,13H,3-7H2,1-2H3,(H,11,12). The van der Waals surface area contributed by atoms with Crippen LogP contribution in [0.4, 0.5) is 0 Å². The Morgan fingerprint density at radius 3 is 2.43 bits per heavy atom. The lowest BCUT2D eigenvalue weighted by Gasteiger charge is -2.31. The lowest BCUT2D eigenvalue weighted by molar-refractivity contribution is -0.144. The lowest BCUT2D eigenvalue weighted by Crippen LogP contribution is -2.35. The number of rotatable bonds is 3. The summed E-state index contributed by atoms with van der Waals surface area (Å²) in [6, 6.07) is 0.740. The van der Waals surface area contributed by atoms with E-state index in [2.05, 4.69) is 0 Å². The average Bonchev–Trinajstić information content (AvgIpc) is 2.01. The SMILES string of the molecule is C[Si](C)(O)CC1CCCCC1C(=O)O. The Morgan fingerprint density at radius 1 is 1.36 bits per heavy atom. The topological polar surface area (TPSA) is 57.5 Å². The highest BCUT2D eigenvalue weighted by Crippen LogP contribution is 2.35. The first-order valence-corrected chi connectivity index (χ1v) is 8.51. The molecule has 2 N–H and O–H groups in total. The van der Waals surface area contributed by atoms with E-state index in [1.54, 1.807) is 0 Å². The Morgan fingerprint density at radius 2 is 1.93 bits per heavy atom. The van der Waals surface area contributed by atoms with E-state index >= 15 is 0 Å². The first-order chi connectivity index (χ1) is 6.40. The van der Waals surface area contributed by atoms with Crippen LogP contribution in [0.3, 0.4) is 0 Å². The smallest absolute Gasteiger partial charge is 0.306 e. The summed E-state index contributed by atoms with van der Waals surface area (Å²) in [5, 5.41) is 9.04. The minimum absolute atomic E-state index is 0.206. The van der Waals surface area contributed by atoms with Crippen LogP contribution in [-0.4, -0.2) is 24.2 Å². The molecule has 0 aromatic carbocycles. The van der Waals surface area contributed by atoms with Gasteiger partial charge < -0.3 is 9.90 Å². The Kier molecular flexibility index (Phi) is 3.72. The fourth-order valence-electron chi connectivity index (χ4n) is 2.42. The van der Waals surface area contributed by atoms with Gasteiger partial charge in [-0.3, -0.25) is 4.79 Å². The molecule has 1 aliphatic carbocycles. The zero-order chi connectivity index (χ0) is 10.8. The molecule has 1 fully saturated rings. The molecule has 3 nitrogen and oxygen atoms in total. The maximum absolute atomic E-state index is 11.0. The van der Waals surface area contributed by atoms with Crippen molar-refractivity contribution in [3.8, 4) is 0 Å². The van der Waals surface area contributed by atoms with Crippen LogP contribution in [0.1, 0.15) is 25.7 Å². The van der Waals surface area contributed by atoms with Crippen molar-refractivity contribution in [3.05, 3.63) is 0 Å². The minimum atomic E-state index is -2.10. The number of carbonyl (C=O) groups is 1. The van der Waals surface area contributed by atoms with E-state index in [0.29, 0.717) is 0 Å². The van der Waals surface area contributed by atoms with Crippen molar-refractivity contribution >= 4 is 14.3 Å². The molecule has 0 spiro atoms. The van der Waals surface area contributed by atoms with Gasteiger partial charge in [-0.25, -0.2) is 0 Å². The molecule has 0 heterocycles. The second kappa shape index (κ2) is 4.44. The summed E-state index contributed by atoms with van der Waals surface area (Å²) < 4.78 is 0. The highest BCUT2D eigenvalue weighted by molar-refractivity contribution is 6.69. The van der Waals surface area contributed by atoms with Gasteiger partial charge in [-0.2, -0.15) is 0 Å². The predicted octanol–water partition coefficient (Wildman–Crippen LogP) is 2.07. The Labute approximate surface area is 86.3 Å². The van der Waals surface area contributed by atoms with E-state index in [1.807, 2.05) is 13.1 Å². The van der Waals surface area contributed by atoms with Gasteiger partial charge in [-0.05, 0) is 37.9 Å². The molecule has 2 unspecified atom stereocenters. The quantitative estimate of drug-likeness (QED) is 0.710. The van der Waals surface area contributed by atoms with Gasteiger partial charge in [0.15, 0.2) is 8.32 Å². The van der Waals surface area contributed by atoms with Crippen molar-refractivity contribution in [1.82, 2.24) is 0 Å². The predicted molar refractivity (Wildman–Crippen MR) is 57.6 cm³/mol. The van der Waals surface area contributed by atoms with Crippen molar-refractivity contribution in [3.63, 3.8) is 0 Å². The summed E-state index contributed by atoms with van der Waals surface area (Å²) in [6.07, 6.45) is 3.93. The molecule has 0 radical (unpaired) electrons. The van der Waals surface area contributed by atoms with Gasteiger partial charge in [-0.15, -0.1) is 0 Å². The average molecular weight is 216 g/mol. The second-order valence-corrected chi connectivity index (χ2v) is 9.04. The summed E-state index contributed by atoms with van der Waals surface area (Å²) in [5.41, 5.74) is 0. The van der Waals surface area contributed by atoms with Crippen LogP contribution in [0, 0.1) is 11.8 Å². The molecule has 0 aliphatic heterocycles. The highest BCUT2D eigenvalue weighted by atomic mass is 28.4. The Balaban J connectivity index is 2.59. The van der Waals surface area contributed by atoms with Crippen LogP contribution in [0.15, 0.2) is 0 Å². The molecular weight excluding hydrogens is 196 g/mol. The highest BCUT2D eigenvalue weighted by Gasteiger charge is 2.34. The van der Waals surface area contributed by atoms with E-state index in [9.17, 15) is 9.59 Å². The van der Waals surface area contributed by atoms with Crippen molar-refractivity contribution in [2.24, 2.45) is 11.8 Å². The number of carboxylic acid groups (broad SMARTS) is 1. The van der Waals surface area contributed by atoms with Gasteiger partial charge in [0.25, 0.3) is 0 Å². The number of hydrogen-bond acceptors (Lipinski definition) is 2. The molecule has 1 rings (SSSR count). The second-order valence-electron chi connectivity index (χ2n) is 5.01. The molecule has 0 amide bonds. The molecule has 1 saturated carbocycles. The third-order valence-corrected chi connectivity index (χ3v) is 4.51. The molecule has 82 valence electrons. The maximum Gasteiger partial charge on any atom is 0.306 e. The molecule has 14 heavy (non-hydrogen) atoms. The summed E-state index contributed by atoms with van der Waals surface area (Å²) in [6.45, 7) is 3.78. The largest absolute Gasteiger partial charge is 0.481 e. The zero-order valence-corrected chi connectivity index (χ0v) is 9.99. The van der Waals surface area contributed by atoms with Crippen molar-refractivity contribution in [2.45, 2.75) is 44.8 Å². The van der Waals surface area contributed by atoms with Gasteiger partial charge in [0.05, 0.1) is 5.92 Å². The third kappa shape index (κ3) is 3.42. The first-order valence-electron chi connectivity index (χ1n) is 5.35. The van der Waals surface area contributed by atoms with Gasteiger partial charge in [0, 0.05) is 0 Å². The Hall–Kier alpha value is -0.353. The van der Waals surface area contributed by atoms with Crippen LogP contribution < -0.4 is 0 Å². The summed E-state index contributed by atoms with van der Waals surface area (Å²) >= 11 is 0. The fraction of sp³-hybridized carbons (Fsp3) is 0.900. The normalized spacial score (nSPS) is 28.8. The Bertz CT molecular complexity index is 210. The molecule has 0 aromatic rings. The zero-order valence-electron chi connectivity index (χ0n) is 8.99. The van der Waals surface area contributed by atoms with Crippen molar-refractivity contribution in [1.29, 1.82) is 0 Å². The molecule has 4 heteroatoms. The van der Waals surface area contributed by atoms with E-state index in [0.717, 1.165) is 31.7 Å². The van der Waals surface area contributed by atoms with Gasteiger partial charge in [0.2, 0.25) is 0 Å². The molecular formula is C10H20O3Si. The maximum atomic E-state index is 11.0. The van der Waals surface area contributed by atoms with E-state index in [4.69, 9.17) is 5.11 Å². The number of aliphatic carboxylic acids is 1. The monoisotopic (exact) mass is 216 g/mol. The van der Waals surface area contributed by atoms with Gasteiger partial charge >= 0.3 is 5.97 Å². The minimum Gasteiger partial charge on any atom is -0.481 e. The number of hydrogen-bond donors (Lipinski definition) is 2. The summed E-state index contributed by atoms with van der Waals surface area (Å²) in [5.74, 6) is -0.663. The van der Waals surface area contributed by atoms with Crippen LogP contribution in [0.2, 0.25) is 19.1 Å². The third-order valence-electron chi connectivity index (χ3n) is 2.99.